The fourth-order valence-corrected chi connectivity index (χ4v) is 2.10. The van der Waals surface area contributed by atoms with E-state index in [0.717, 1.165) is 19.5 Å². The van der Waals surface area contributed by atoms with Gasteiger partial charge >= 0.3 is 0 Å². The van der Waals surface area contributed by atoms with Crippen molar-refractivity contribution in [3.05, 3.63) is 33.8 Å². The van der Waals surface area contributed by atoms with Crippen LogP contribution in [0.5, 0.6) is 0 Å². The van der Waals surface area contributed by atoms with Gasteiger partial charge in [-0.3, -0.25) is 9.59 Å². The van der Waals surface area contributed by atoms with E-state index in [1.54, 1.807) is 11.0 Å². The van der Waals surface area contributed by atoms with Gasteiger partial charge in [-0.15, -0.1) is 0 Å². The second-order valence-electron chi connectivity index (χ2n) is 4.04. The lowest BCUT2D eigenvalue weighted by Gasteiger charge is -2.30. The van der Waals surface area contributed by atoms with Crippen LogP contribution in [-0.4, -0.2) is 36.3 Å². The summed E-state index contributed by atoms with van der Waals surface area (Å²) in [5.74, 6) is -0.440. The Labute approximate surface area is 115 Å². The van der Waals surface area contributed by atoms with Crippen LogP contribution in [0.3, 0.4) is 0 Å². The van der Waals surface area contributed by atoms with Gasteiger partial charge in [0.25, 0.3) is 5.91 Å². The van der Waals surface area contributed by atoms with Crippen LogP contribution in [0, 0.1) is 0 Å². The van der Waals surface area contributed by atoms with Crippen LogP contribution >= 0.6 is 23.2 Å². The zero-order valence-electron chi connectivity index (χ0n) is 9.58. The summed E-state index contributed by atoms with van der Waals surface area (Å²) in [6.07, 6.45) is 1.03. The number of benzene rings is 1. The smallest absolute Gasteiger partial charge is 0.253 e. The summed E-state index contributed by atoms with van der Waals surface area (Å²) in [5, 5.41) is 3.29. The molecule has 1 aliphatic rings. The number of nitrogens with zero attached hydrogens (tertiary/aromatic N) is 1. The number of carbonyl (C=O) groups excluding carboxylic acids is 2. The van der Waals surface area contributed by atoms with Crippen molar-refractivity contribution in [2.45, 2.75) is 6.42 Å². The molecule has 1 aromatic rings. The highest BCUT2D eigenvalue weighted by atomic mass is 35.5. The Morgan fingerprint density at radius 1 is 1.28 bits per heavy atom. The molecule has 1 aliphatic heterocycles. The largest absolute Gasteiger partial charge is 0.343 e. The van der Waals surface area contributed by atoms with Crippen LogP contribution in [0.15, 0.2) is 18.2 Å². The van der Waals surface area contributed by atoms with E-state index in [9.17, 15) is 9.59 Å². The molecule has 1 aromatic carbocycles. The molecular weight excluding hydrogens is 275 g/mol. The van der Waals surface area contributed by atoms with Gasteiger partial charge in [0, 0.05) is 18.1 Å². The number of amides is 2. The number of carbonyl (C=O) groups is 2. The van der Waals surface area contributed by atoms with E-state index in [-0.39, 0.29) is 23.4 Å². The Balaban J connectivity index is 1.92. The van der Waals surface area contributed by atoms with Gasteiger partial charge in [0.15, 0.2) is 0 Å². The fourth-order valence-electron chi connectivity index (χ4n) is 1.60. The minimum atomic E-state index is -0.370. The first kappa shape index (κ1) is 13.2. The van der Waals surface area contributed by atoms with Crippen molar-refractivity contribution in [1.82, 2.24) is 10.2 Å². The molecule has 0 unspecified atom stereocenters. The highest BCUT2D eigenvalue weighted by molar-refractivity contribution is 6.36. The van der Waals surface area contributed by atoms with Gasteiger partial charge < -0.3 is 10.2 Å². The Morgan fingerprint density at radius 2 is 2.00 bits per heavy atom. The molecule has 0 atom stereocenters. The molecule has 0 bridgehead atoms. The second-order valence-corrected chi connectivity index (χ2v) is 4.88. The topological polar surface area (TPSA) is 49.4 Å². The molecule has 1 fully saturated rings. The number of likely N-dealkylation sites (tertiary alicyclic amines) is 1. The molecule has 1 N–H and O–H groups in total. The van der Waals surface area contributed by atoms with Crippen molar-refractivity contribution in [2.75, 3.05) is 19.6 Å². The van der Waals surface area contributed by atoms with E-state index in [2.05, 4.69) is 5.32 Å². The number of hydrogen-bond donors (Lipinski definition) is 1. The number of hydrogen-bond acceptors (Lipinski definition) is 2. The Bertz CT molecular complexity index is 487. The Morgan fingerprint density at radius 3 is 2.56 bits per heavy atom. The first-order valence-electron chi connectivity index (χ1n) is 5.59. The van der Waals surface area contributed by atoms with E-state index < -0.39 is 0 Å². The van der Waals surface area contributed by atoms with Crippen molar-refractivity contribution in [3.8, 4) is 0 Å². The molecular formula is C12H12Cl2N2O2. The quantitative estimate of drug-likeness (QED) is 0.923. The van der Waals surface area contributed by atoms with E-state index in [1.807, 2.05) is 0 Å². The van der Waals surface area contributed by atoms with E-state index in [0.29, 0.717) is 10.6 Å². The highest BCUT2D eigenvalue weighted by Gasteiger charge is 2.20. The minimum Gasteiger partial charge on any atom is -0.343 e. The third kappa shape index (κ3) is 2.94. The number of halogens is 2. The molecule has 96 valence electrons. The normalized spacial score (nSPS) is 14.0. The lowest BCUT2D eigenvalue weighted by atomic mass is 10.2. The molecule has 0 aliphatic carbocycles. The second kappa shape index (κ2) is 5.59. The molecule has 0 saturated carbocycles. The van der Waals surface area contributed by atoms with Crippen molar-refractivity contribution in [2.24, 2.45) is 0 Å². The van der Waals surface area contributed by atoms with Crippen LogP contribution in [0.2, 0.25) is 10.0 Å². The van der Waals surface area contributed by atoms with Gasteiger partial charge in [-0.2, -0.15) is 0 Å². The lowest BCUT2D eigenvalue weighted by Crippen LogP contribution is -2.47. The molecule has 0 aromatic heterocycles. The van der Waals surface area contributed by atoms with Crippen LogP contribution in [0.25, 0.3) is 0 Å². The maximum absolute atomic E-state index is 11.8. The van der Waals surface area contributed by atoms with Gasteiger partial charge in [-0.25, -0.2) is 0 Å². The van der Waals surface area contributed by atoms with E-state index >= 15 is 0 Å². The van der Waals surface area contributed by atoms with Crippen molar-refractivity contribution in [3.63, 3.8) is 0 Å². The van der Waals surface area contributed by atoms with Crippen molar-refractivity contribution >= 4 is 35.0 Å². The van der Waals surface area contributed by atoms with Gasteiger partial charge in [0.05, 0.1) is 17.1 Å². The average molecular weight is 287 g/mol. The summed E-state index contributed by atoms with van der Waals surface area (Å²) in [5.41, 5.74) is 0.317. The van der Waals surface area contributed by atoms with Gasteiger partial charge in [-0.05, 0) is 24.6 Å². The first-order chi connectivity index (χ1) is 8.58. The van der Waals surface area contributed by atoms with Gasteiger partial charge in [-0.1, -0.05) is 23.2 Å². The standard InChI is InChI=1S/C12H12Cl2N2O2/c13-8-2-3-9(10(14)6-8)12(18)15-7-11(17)16-4-1-5-16/h2-3,6H,1,4-5,7H2,(H,15,18). The average Bonchev–Trinajstić information content (AvgIpc) is 2.23. The zero-order chi connectivity index (χ0) is 13.1. The van der Waals surface area contributed by atoms with Crippen LogP contribution in [-0.2, 0) is 4.79 Å². The molecule has 1 heterocycles. The lowest BCUT2D eigenvalue weighted by molar-refractivity contribution is -0.133. The first-order valence-corrected chi connectivity index (χ1v) is 6.34. The molecule has 4 nitrogen and oxygen atoms in total. The predicted molar refractivity (Wildman–Crippen MR) is 70.0 cm³/mol. The summed E-state index contributed by atoms with van der Waals surface area (Å²) in [6, 6.07) is 4.61. The van der Waals surface area contributed by atoms with Crippen LogP contribution < -0.4 is 5.32 Å². The van der Waals surface area contributed by atoms with E-state index in [4.69, 9.17) is 23.2 Å². The molecule has 0 radical (unpaired) electrons. The molecule has 2 rings (SSSR count). The number of nitrogens with one attached hydrogen (secondary N) is 1. The van der Waals surface area contributed by atoms with Gasteiger partial charge in [0.1, 0.15) is 0 Å². The minimum absolute atomic E-state index is 0.00219. The third-order valence-electron chi connectivity index (χ3n) is 2.78. The van der Waals surface area contributed by atoms with Crippen molar-refractivity contribution in [1.29, 1.82) is 0 Å². The summed E-state index contributed by atoms with van der Waals surface area (Å²) in [4.78, 5) is 25.1. The molecule has 0 spiro atoms. The van der Waals surface area contributed by atoms with E-state index in [1.165, 1.54) is 12.1 Å². The third-order valence-corrected chi connectivity index (χ3v) is 3.33. The zero-order valence-corrected chi connectivity index (χ0v) is 11.1. The molecule has 18 heavy (non-hydrogen) atoms. The monoisotopic (exact) mass is 286 g/mol. The maximum atomic E-state index is 11.8. The summed E-state index contributed by atoms with van der Waals surface area (Å²) in [6.45, 7) is 1.55. The van der Waals surface area contributed by atoms with Gasteiger partial charge in [0.2, 0.25) is 5.91 Å². The maximum Gasteiger partial charge on any atom is 0.253 e. The molecule has 1 saturated heterocycles. The molecule has 6 heteroatoms. The molecule has 2 amide bonds. The SMILES string of the molecule is O=C(NCC(=O)N1CCC1)c1ccc(Cl)cc1Cl. The highest BCUT2D eigenvalue weighted by Crippen LogP contribution is 2.20. The van der Waals surface area contributed by atoms with Crippen molar-refractivity contribution < 1.29 is 9.59 Å². The fraction of sp³-hybridized carbons (Fsp3) is 0.333. The summed E-state index contributed by atoms with van der Waals surface area (Å²) in [7, 11) is 0. The predicted octanol–water partition coefficient (Wildman–Crippen LogP) is 1.96. The Hall–Kier alpha value is -1.26. The summed E-state index contributed by atoms with van der Waals surface area (Å²) < 4.78 is 0. The number of rotatable bonds is 3. The Kier molecular flexibility index (Phi) is 4.09. The van der Waals surface area contributed by atoms with Crippen LogP contribution in [0.4, 0.5) is 0 Å². The van der Waals surface area contributed by atoms with Crippen LogP contribution in [0.1, 0.15) is 16.8 Å². The summed E-state index contributed by atoms with van der Waals surface area (Å²) >= 11 is 11.6.